The SMILES string of the molecule is CN(C)NC(=O)CCCCc1ccc(F)cc1. The Kier molecular flexibility index (Phi) is 5.63. The van der Waals surface area contributed by atoms with E-state index in [9.17, 15) is 9.18 Å². The van der Waals surface area contributed by atoms with Crippen molar-refractivity contribution in [3.8, 4) is 0 Å². The lowest BCUT2D eigenvalue weighted by Crippen LogP contribution is -2.35. The van der Waals surface area contributed by atoms with Crippen LogP contribution in [0.5, 0.6) is 0 Å². The van der Waals surface area contributed by atoms with Crippen LogP contribution in [0.4, 0.5) is 4.39 Å². The van der Waals surface area contributed by atoms with Crippen molar-refractivity contribution in [3.05, 3.63) is 35.6 Å². The van der Waals surface area contributed by atoms with Gasteiger partial charge in [-0.1, -0.05) is 12.1 Å². The zero-order valence-electron chi connectivity index (χ0n) is 10.4. The van der Waals surface area contributed by atoms with Crippen LogP contribution in [0.25, 0.3) is 0 Å². The van der Waals surface area contributed by atoms with Gasteiger partial charge in [-0.25, -0.2) is 9.40 Å². The van der Waals surface area contributed by atoms with Gasteiger partial charge in [-0.15, -0.1) is 0 Å². The minimum Gasteiger partial charge on any atom is -0.289 e. The normalized spacial score (nSPS) is 10.6. The van der Waals surface area contributed by atoms with Crippen LogP contribution >= 0.6 is 0 Å². The Morgan fingerprint density at radius 3 is 2.47 bits per heavy atom. The number of carbonyl (C=O) groups excluding carboxylic acids is 1. The van der Waals surface area contributed by atoms with E-state index in [1.807, 2.05) is 0 Å². The highest BCUT2D eigenvalue weighted by molar-refractivity contribution is 5.75. The van der Waals surface area contributed by atoms with Gasteiger partial charge in [0.15, 0.2) is 0 Å². The van der Waals surface area contributed by atoms with Gasteiger partial charge in [0.2, 0.25) is 5.91 Å². The lowest BCUT2D eigenvalue weighted by atomic mass is 10.1. The van der Waals surface area contributed by atoms with Crippen LogP contribution in [0, 0.1) is 5.82 Å². The van der Waals surface area contributed by atoms with E-state index in [0.717, 1.165) is 24.8 Å². The molecule has 1 aromatic rings. The van der Waals surface area contributed by atoms with E-state index in [1.54, 1.807) is 31.2 Å². The number of hydrazine groups is 1. The van der Waals surface area contributed by atoms with Gasteiger partial charge in [0, 0.05) is 20.5 Å². The molecule has 0 aliphatic carbocycles. The van der Waals surface area contributed by atoms with Gasteiger partial charge in [-0.3, -0.25) is 10.2 Å². The molecule has 0 radical (unpaired) electrons. The first-order valence-corrected chi connectivity index (χ1v) is 5.79. The van der Waals surface area contributed by atoms with Gasteiger partial charge in [-0.2, -0.15) is 0 Å². The predicted octanol–water partition coefficient (Wildman–Crippen LogP) is 2.13. The highest BCUT2D eigenvalue weighted by atomic mass is 19.1. The fourth-order valence-corrected chi connectivity index (χ4v) is 1.57. The van der Waals surface area contributed by atoms with Gasteiger partial charge in [0.25, 0.3) is 0 Å². The molecule has 0 bridgehead atoms. The minimum atomic E-state index is -0.209. The van der Waals surface area contributed by atoms with Crippen molar-refractivity contribution in [3.63, 3.8) is 0 Å². The van der Waals surface area contributed by atoms with Crippen LogP contribution < -0.4 is 5.43 Å². The number of carbonyl (C=O) groups is 1. The Morgan fingerprint density at radius 1 is 1.24 bits per heavy atom. The predicted molar refractivity (Wildman–Crippen MR) is 65.8 cm³/mol. The van der Waals surface area contributed by atoms with Gasteiger partial charge in [-0.05, 0) is 37.0 Å². The molecule has 0 unspecified atom stereocenters. The fourth-order valence-electron chi connectivity index (χ4n) is 1.57. The minimum absolute atomic E-state index is 0.0362. The number of aryl methyl sites for hydroxylation is 1. The number of hydrogen-bond acceptors (Lipinski definition) is 2. The Bertz CT molecular complexity index is 349. The molecule has 1 rings (SSSR count). The molecule has 3 nitrogen and oxygen atoms in total. The second kappa shape index (κ2) is 7.01. The van der Waals surface area contributed by atoms with Crippen LogP contribution in [0.1, 0.15) is 24.8 Å². The first-order valence-electron chi connectivity index (χ1n) is 5.79. The molecule has 1 amide bonds. The fraction of sp³-hybridized carbons (Fsp3) is 0.462. The largest absolute Gasteiger partial charge is 0.289 e. The van der Waals surface area contributed by atoms with Crippen LogP contribution in [0.3, 0.4) is 0 Å². The summed E-state index contributed by atoms with van der Waals surface area (Å²) in [7, 11) is 3.58. The third-order valence-corrected chi connectivity index (χ3v) is 2.38. The maximum Gasteiger partial charge on any atom is 0.234 e. The van der Waals surface area contributed by atoms with Crippen LogP contribution in [-0.4, -0.2) is 25.0 Å². The maximum absolute atomic E-state index is 12.6. The number of unbranched alkanes of at least 4 members (excludes halogenated alkanes) is 1. The number of benzene rings is 1. The molecule has 0 heterocycles. The van der Waals surface area contributed by atoms with Crippen LogP contribution in [0.2, 0.25) is 0 Å². The molecular formula is C13H19FN2O. The van der Waals surface area contributed by atoms with Crippen molar-refractivity contribution in [1.29, 1.82) is 0 Å². The van der Waals surface area contributed by atoms with E-state index in [2.05, 4.69) is 5.43 Å². The zero-order chi connectivity index (χ0) is 12.7. The summed E-state index contributed by atoms with van der Waals surface area (Å²) in [6, 6.07) is 6.51. The number of halogens is 1. The first kappa shape index (κ1) is 13.6. The summed E-state index contributed by atoms with van der Waals surface area (Å²) in [6.07, 6.45) is 3.19. The lowest BCUT2D eigenvalue weighted by molar-refractivity contribution is -0.124. The van der Waals surface area contributed by atoms with E-state index in [1.165, 1.54) is 12.1 Å². The smallest absolute Gasteiger partial charge is 0.234 e. The second-order valence-corrected chi connectivity index (χ2v) is 4.26. The van der Waals surface area contributed by atoms with E-state index in [4.69, 9.17) is 0 Å². The van der Waals surface area contributed by atoms with Gasteiger partial charge >= 0.3 is 0 Å². The molecule has 1 aromatic carbocycles. The zero-order valence-corrected chi connectivity index (χ0v) is 10.4. The molecule has 0 aliphatic rings. The molecule has 0 aliphatic heterocycles. The van der Waals surface area contributed by atoms with Crippen molar-refractivity contribution < 1.29 is 9.18 Å². The number of nitrogens with zero attached hydrogens (tertiary/aromatic N) is 1. The molecule has 0 spiro atoms. The average Bonchev–Trinajstić information content (AvgIpc) is 2.26. The summed E-state index contributed by atoms with van der Waals surface area (Å²) >= 11 is 0. The van der Waals surface area contributed by atoms with Gasteiger partial charge < -0.3 is 0 Å². The molecular weight excluding hydrogens is 219 g/mol. The Morgan fingerprint density at radius 2 is 1.88 bits per heavy atom. The Labute approximate surface area is 102 Å². The monoisotopic (exact) mass is 238 g/mol. The van der Waals surface area contributed by atoms with Crippen LogP contribution in [-0.2, 0) is 11.2 Å². The summed E-state index contributed by atoms with van der Waals surface area (Å²) in [5.41, 5.74) is 3.80. The standard InChI is InChI=1S/C13H19FN2O/c1-16(2)15-13(17)6-4-3-5-11-7-9-12(14)10-8-11/h7-10H,3-6H2,1-2H3,(H,15,17). The van der Waals surface area contributed by atoms with E-state index >= 15 is 0 Å². The van der Waals surface area contributed by atoms with Crippen molar-refractivity contribution in [1.82, 2.24) is 10.4 Å². The summed E-state index contributed by atoms with van der Waals surface area (Å²) in [4.78, 5) is 11.3. The van der Waals surface area contributed by atoms with Crippen molar-refractivity contribution in [2.75, 3.05) is 14.1 Å². The number of amides is 1. The number of rotatable bonds is 6. The number of hydrogen-bond donors (Lipinski definition) is 1. The van der Waals surface area contributed by atoms with Crippen molar-refractivity contribution in [2.24, 2.45) is 0 Å². The molecule has 0 saturated heterocycles. The summed E-state index contributed by atoms with van der Waals surface area (Å²) in [5.74, 6) is -0.173. The molecule has 94 valence electrons. The summed E-state index contributed by atoms with van der Waals surface area (Å²) in [5, 5.41) is 1.64. The molecule has 0 fully saturated rings. The Hall–Kier alpha value is -1.42. The highest BCUT2D eigenvalue weighted by Crippen LogP contribution is 2.08. The summed E-state index contributed by atoms with van der Waals surface area (Å²) in [6.45, 7) is 0. The highest BCUT2D eigenvalue weighted by Gasteiger charge is 2.01. The quantitative estimate of drug-likeness (QED) is 0.608. The molecule has 17 heavy (non-hydrogen) atoms. The van der Waals surface area contributed by atoms with E-state index in [0.29, 0.717) is 6.42 Å². The van der Waals surface area contributed by atoms with Crippen molar-refractivity contribution >= 4 is 5.91 Å². The maximum atomic E-state index is 12.6. The lowest BCUT2D eigenvalue weighted by Gasteiger charge is -2.11. The molecule has 4 heteroatoms. The first-order chi connectivity index (χ1) is 8.08. The van der Waals surface area contributed by atoms with Crippen LogP contribution in [0.15, 0.2) is 24.3 Å². The second-order valence-electron chi connectivity index (χ2n) is 4.26. The van der Waals surface area contributed by atoms with E-state index < -0.39 is 0 Å². The number of nitrogens with one attached hydrogen (secondary N) is 1. The van der Waals surface area contributed by atoms with Gasteiger partial charge in [0.05, 0.1) is 0 Å². The topological polar surface area (TPSA) is 32.3 Å². The molecule has 1 N–H and O–H groups in total. The third kappa shape index (κ3) is 6.02. The molecule has 0 saturated carbocycles. The molecule has 0 atom stereocenters. The molecule has 0 aromatic heterocycles. The van der Waals surface area contributed by atoms with E-state index in [-0.39, 0.29) is 11.7 Å². The van der Waals surface area contributed by atoms with Crippen molar-refractivity contribution in [2.45, 2.75) is 25.7 Å². The average molecular weight is 238 g/mol. The summed E-state index contributed by atoms with van der Waals surface area (Å²) < 4.78 is 12.6. The Balaban J connectivity index is 2.16. The third-order valence-electron chi connectivity index (χ3n) is 2.38. The van der Waals surface area contributed by atoms with Gasteiger partial charge in [0.1, 0.15) is 5.82 Å².